The summed E-state index contributed by atoms with van der Waals surface area (Å²) < 4.78 is 0. The highest BCUT2D eigenvalue weighted by molar-refractivity contribution is 6.01. The molecule has 0 N–H and O–H groups in total. The van der Waals surface area contributed by atoms with Crippen LogP contribution in [0.4, 0.5) is 0 Å². The lowest BCUT2D eigenvalue weighted by Gasteiger charge is -1.96. The van der Waals surface area contributed by atoms with Crippen molar-refractivity contribution in [2.45, 2.75) is 12.8 Å². The highest BCUT2D eigenvalue weighted by Gasteiger charge is 2.29. The molecule has 1 saturated heterocycles. The molecular weight excluding hydrogens is 124 g/mol. The van der Waals surface area contributed by atoms with Crippen molar-refractivity contribution in [2.24, 2.45) is 5.29 Å². The standard InChI is InChI=1S/C4H4N2O3/c7-3-1-2-4(8)6(3)5-9/h1-2H2. The van der Waals surface area contributed by atoms with E-state index in [1.54, 1.807) is 0 Å². The monoisotopic (exact) mass is 128 g/mol. The van der Waals surface area contributed by atoms with Crippen molar-refractivity contribution in [1.29, 1.82) is 0 Å². The average Bonchev–Trinajstić information content (AvgIpc) is 2.12. The maximum atomic E-state index is 10.4. The number of carbonyl (C=O) groups excluding carboxylic acids is 2. The molecule has 0 aromatic rings. The van der Waals surface area contributed by atoms with E-state index in [9.17, 15) is 14.5 Å². The Morgan fingerprint density at radius 1 is 1.22 bits per heavy atom. The van der Waals surface area contributed by atoms with Gasteiger partial charge in [-0.15, -0.1) is 9.92 Å². The zero-order valence-corrected chi connectivity index (χ0v) is 4.53. The van der Waals surface area contributed by atoms with Crippen molar-refractivity contribution in [2.75, 3.05) is 0 Å². The zero-order valence-electron chi connectivity index (χ0n) is 4.53. The molecule has 1 heterocycles. The van der Waals surface area contributed by atoms with Gasteiger partial charge in [-0.1, -0.05) is 0 Å². The highest BCUT2D eigenvalue weighted by Crippen LogP contribution is 2.10. The van der Waals surface area contributed by atoms with Gasteiger partial charge in [-0.25, -0.2) is 0 Å². The maximum Gasteiger partial charge on any atom is 0.253 e. The van der Waals surface area contributed by atoms with E-state index >= 15 is 0 Å². The Morgan fingerprint density at radius 3 is 1.89 bits per heavy atom. The molecule has 0 atom stereocenters. The predicted molar refractivity (Wildman–Crippen MR) is 26.9 cm³/mol. The fourth-order valence-corrected chi connectivity index (χ4v) is 0.656. The van der Waals surface area contributed by atoms with Gasteiger partial charge in [0, 0.05) is 12.8 Å². The van der Waals surface area contributed by atoms with Crippen LogP contribution in [0.1, 0.15) is 12.8 Å². The summed E-state index contributed by atoms with van der Waals surface area (Å²) >= 11 is 0. The quantitative estimate of drug-likeness (QED) is 0.363. The van der Waals surface area contributed by atoms with E-state index in [0.29, 0.717) is 5.01 Å². The minimum atomic E-state index is -0.505. The highest BCUT2D eigenvalue weighted by atomic mass is 16.3. The topological polar surface area (TPSA) is 66.8 Å². The summed E-state index contributed by atoms with van der Waals surface area (Å²) in [6.07, 6.45) is 0.231. The van der Waals surface area contributed by atoms with Crippen LogP contribution in [0.25, 0.3) is 0 Å². The van der Waals surface area contributed by atoms with Gasteiger partial charge < -0.3 is 0 Å². The van der Waals surface area contributed by atoms with Gasteiger partial charge in [0.15, 0.2) is 0 Å². The zero-order chi connectivity index (χ0) is 6.85. The number of imide groups is 1. The van der Waals surface area contributed by atoms with Crippen molar-refractivity contribution in [3.05, 3.63) is 4.91 Å². The Bertz CT molecular complexity index is 161. The van der Waals surface area contributed by atoms with Crippen LogP contribution in [0.2, 0.25) is 0 Å². The summed E-state index contributed by atoms with van der Waals surface area (Å²) in [7, 11) is 0. The molecule has 0 radical (unpaired) electrons. The molecule has 0 aliphatic carbocycles. The Morgan fingerprint density at radius 2 is 1.67 bits per heavy atom. The summed E-state index contributed by atoms with van der Waals surface area (Å²) in [6.45, 7) is 0. The number of hydrogen-bond acceptors (Lipinski definition) is 4. The summed E-state index contributed by atoms with van der Waals surface area (Å²) in [6, 6.07) is 0. The minimum Gasteiger partial charge on any atom is -0.272 e. The first kappa shape index (κ1) is 5.87. The molecule has 0 saturated carbocycles. The molecule has 0 unspecified atom stereocenters. The molecule has 1 aliphatic heterocycles. The second-order valence-corrected chi connectivity index (χ2v) is 1.68. The van der Waals surface area contributed by atoms with E-state index in [2.05, 4.69) is 5.29 Å². The van der Waals surface area contributed by atoms with Crippen LogP contribution in [0.15, 0.2) is 5.29 Å². The van der Waals surface area contributed by atoms with Gasteiger partial charge in [0.2, 0.25) is 0 Å². The molecule has 48 valence electrons. The van der Waals surface area contributed by atoms with Gasteiger partial charge in [-0.05, 0) is 0 Å². The van der Waals surface area contributed by atoms with Gasteiger partial charge in [-0.3, -0.25) is 9.59 Å². The van der Waals surface area contributed by atoms with Gasteiger partial charge >= 0.3 is 0 Å². The van der Waals surface area contributed by atoms with Crippen molar-refractivity contribution in [1.82, 2.24) is 5.01 Å². The molecular formula is C4H4N2O3. The van der Waals surface area contributed by atoms with Crippen molar-refractivity contribution in [3.63, 3.8) is 0 Å². The third kappa shape index (κ3) is 0.802. The number of carbonyl (C=O) groups is 2. The Hall–Kier alpha value is -1.26. The van der Waals surface area contributed by atoms with Crippen LogP contribution in [0, 0.1) is 4.91 Å². The smallest absolute Gasteiger partial charge is 0.253 e. The second-order valence-electron chi connectivity index (χ2n) is 1.68. The number of amides is 2. The first-order chi connectivity index (χ1) is 4.25. The van der Waals surface area contributed by atoms with Crippen LogP contribution < -0.4 is 0 Å². The van der Waals surface area contributed by atoms with E-state index in [-0.39, 0.29) is 12.8 Å². The molecule has 2 amide bonds. The normalized spacial score (nSPS) is 18.9. The SMILES string of the molecule is O=NN1C(=O)CCC1=O. The molecule has 5 heteroatoms. The van der Waals surface area contributed by atoms with Crippen LogP contribution in [0.5, 0.6) is 0 Å². The third-order valence-corrected chi connectivity index (χ3v) is 1.11. The summed E-state index contributed by atoms with van der Waals surface area (Å²) in [4.78, 5) is 30.5. The van der Waals surface area contributed by atoms with E-state index in [4.69, 9.17) is 0 Å². The summed E-state index contributed by atoms with van der Waals surface area (Å²) in [5, 5.41) is 2.59. The lowest BCUT2D eigenvalue weighted by Crippen LogP contribution is -2.21. The fraction of sp³-hybridized carbons (Fsp3) is 0.500. The molecule has 9 heavy (non-hydrogen) atoms. The Labute approximate surface area is 50.6 Å². The molecule has 1 aliphatic rings. The second kappa shape index (κ2) is 1.93. The molecule has 5 nitrogen and oxygen atoms in total. The fourth-order valence-electron chi connectivity index (χ4n) is 0.656. The van der Waals surface area contributed by atoms with Crippen LogP contribution in [0.3, 0.4) is 0 Å². The van der Waals surface area contributed by atoms with Crippen molar-refractivity contribution < 1.29 is 9.59 Å². The van der Waals surface area contributed by atoms with E-state index in [0.717, 1.165) is 0 Å². The van der Waals surface area contributed by atoms with E-state index < -0.39 is 11.8 Å². The molecule has 1 fully saturated rings. The molecule has 1 rings (SSSR count). The van der Waals surface area contributed by atoms with Gasteiger partial charge in [0.05, 0.1) is 5.29 Å². The number of hydrogen-bond donors (Lipinski definition) is 0. The number of rotatable bonds is 1. The van der Waals surface area contributed by atoms with Crippen molar-refractivity contribution >= 4 is 11.8 Å². The van der Waals surface area contributed by atoms with Gasteiger partial charge in [0.25, 0.3) is 11.8 Å². The third-order valence-electron chi connectivity index (χ3n) is 1.11. The largest absolute Gasteiger partial charge is 0.272 e. The van der Waals surface area contributed by atoms with Crippen molar-refractivity contribution in [3.8, 4) is 0 Å². The number of nitroso groups, excluding NO2 is 1. The van der Waals surface area contributed by atoms with Crippen LogP contribution in [-0.2, 0) is 9.59 Å². The number of nitrogens with zero attached hydrogens (tertiary/aromatic N) is 2. The minimum absolute atomic E-state index is 0.116. The lowest BCUT2D eigenvalue weighted by atomic mass is 10.4. The molecule has 0 spiro atoms. The van der Waals surface area contributed by atoms with E-state index in [1.165, 1.54) is 0 Å². The van der Waals surface area contributed by atoms with E-state index in [1.807, 2.05) is 0 Å². The van der Waals surface area contributed by atoms with Gasteiger partial charge in [0.1, 0.15) is 0 Å². The Kier molecular flexibility index (Phi) is 1.26. The summed E-state index contributed by atoms with van der Waals surface area (Å²) in [5.74, 6) is -1.01. The molecule has 0 aromatic carbocycles. The Balaban J connectivity index is 2.77. The molecule has 0 aromatic heterocycles. The van der Waals surface area contributed by atoms with Gasteiger partial charge in [-0.2, -0.15) is 0 Å². The lowest BCUT2D eigenvalue weighted by molar-refractivity contribution is -0.138. The summed E-state index contributed by atoms with van der Waals surface area (Å²) in [5.41, 5.74) is 0. The maximum absolute atomic E-state index is 10.4. The van der Waals surface area contributed by atoms with Crippen LogP contribution in [-0.4, -0.2) is 16.8 Å². The van der Waals surface area contributed by atoms with Crippen LogP contribution >= 0.6 is 0 Å². The predicted octanol–water partition coefficient (Wildman–Crippen LogP) is -0.183. The first-order valence-corrected chi connectivity index (χ1v) is 2.45. The average molecular weight is 128 g/mol. The molecule has 0 bridgehead atoms. The first-order valence-electron chi connectivity index (χ1n) is 2.45.